The molecule has 0 saturated carbocycles. The second-order valence-electron chi connectivity index (χ2n) is 4.26. The topological polar surface area (TPSA) is 46.6 Å². The number of nitrogens with zero attached hydrogens (tertiary/aromatic N) is 1. The third kappa shape index (κ3) is 2.70. The minimum atomic E-state index is -3.38. The van der Waals surface area contributed by atoms with Crippen LogP contribution in [0.15, 0.2) is 27.6 Å². The fourth-order valence-electron chi connectivity index (χ4n) is 2.05. The number of halogens is 1. The first-order valence-electron chi connectivity index (χ1n) is 5.89. The summed E-state index contributed by atoms with van der Waals surface area (Å²) in [7, 11) is -1.85. The SMILES string of the molecule is COc1cc(S(=O)(=O)N2CCCCC2)ccc1Br. The molecule has 0 N–H and O–H groups in total. The first-order valence-corrected chi connectivity index (χ1v) is 8.12. The average Bonchev–Trinajstić information content (AvgIpc) is 2.40. The zero-order chi connectivity index (χ0) is 13.2. The molecule has 0 unspecified atom stereocenters. The summed E-state index contributed by atoms with van der Waals surface area (Å²) in [5.41, 5.74) is 0. The van der Waals surface area contributed by atoms with Crippen LogP contribution in [0.1, 0.15) is 19.3 Å². The summed E-state index contributed by atoms with van der Waals surface area (Å²) < 4.78 is 32.3. The normalized spacial score (nSPS) is 17.7. The van der Waals surface area contributed by atoms with Crippen molar-refractivity contribution in [2.75, 3.05) is 20.2 Å². The van der Waals surface area contributed by atoms with E-state index in [0.717, 1.165) is 23.7 Å². The number of ether oxygens (including phenoxy) is 1. The van der Waals surface area contributed by atoms with Gasteiger partial charge in [-0.3, -0.25) is 0 Å². The lowest BCUT2D eigenvalue weighted by Gasteiger charge is -2.26. The maximum Gasteiger partial charge on any atom is 0.243 e. The predicted molar refractivity (Wildman–Crippen MR) is 73.3 cm³/mol. The number of piperidine rings is 1. The second kappa shape index (κ2) is 5.59. The van der Waals surface area contributed by atoms with Crippen molar-refractivity contribution < 1.29 is 13.2 Å². The zero-order valence-electron chi connectivity index (χ0n) is 10.2. The third-order valence-corrected chi connectivity index (χ3v) is 5.63. The van der Waals surface area contributed by atoms with Crippen molar-refractivity contribution in [1.29, 1.82) is 0 Å². The van der Waals surface area contributed by atoms with Gasteiger partial charge < -0.3 is 4.74 Å². The van der Waals surface area contributed by atoms with Crippen LogP contribution in [-0.4, -0.2) is 32.9 Å². The van der Waals surface area contributed by atoms with Gasteiger partial charge in [-0.05, 0) is 40.9 Å². The molecule has 18 heavy (non-hydrogen) atoms. The quantitative estimate of drug-likeness (QED) is 0.854. The molecule has 4 nitrogen and oxygen atoms in total. The van der Waals surface area contributed by atoms with Crippen molar-refractivity contribution in [3.05, 3.63) is 22.7 Å². The predicted octanol–water partition coefficient (Wildman–Crippen LogP) is 2.63. The lowest BCUT2D eigenvalue weighted by molar-refractivity contribution is 0.346. The van der Waals surface area contributed by atoms with E-state index >= 15 is 0 Å². The Morgan fingerprint density at radius 2 is 1.89 bits per heavy atom. The molecule has 1 aliphatic rings. The minimum absolute atomic E-state index is 0.296. The Labute approximate surface area is 116 Å². The largest absolute Gasteiger partial charge is 0.496 e. The lowest BCUT2D eigenvalue weighted by atomic mass is 10.2. The molecule has 0 radical (unpaired) electrons. The van der Waals surface area contributed by atoms with Crippen LogP contribution in [0.3, 0.4) is 0 Å². The van der Waals surface area contributed by atoms with Crippen molar-refractivity contribution in [2.45, 2.75) is 24.2 Å². The Bertz CT molecular complexity index is 524. The zero-order valence-corrected chi connectivity index (χ0v) is 12.6. The highest BCUT2D eigenvalue weighted by molar-refractivity contribution is 9.10. The number of sulfonamides is 1. The van der Waals surface area contributed by atoms with E-state index in [1.165, 1.54) is 7.11 Å². The van der Waals surface area contributed by atoms with Crippen molar-refractivity contribution in [1.82, 2.24) is 4.31 Å². The molecule has 0 spiro atoms. The van der Waals surface area contributed by atoms with Crippen LogP contribution in [0.5, 0.6) is 5.75 Å². The monoisotopic (exact) mass is 333 g/mol. The highest BCUT2D eigenvalue weighted by atomic mass is 79.9. The van der Waals surface area contributed by atoms with Gasteiger partial charge in [0.15, 0.2) is 0 Å². The van der Waals surface area contributed by atoms with Crippen LogP contribution in [-0.2, 0) is 10.0 Å². The molecule has 2 rings (SSSR count). The van der Waals surface area contributed by atoms with Gasteiger partial charge in [0.05, 0.1) is 16.5 Å². The first-order chi connectivity index (χ1) is 8.55. The fraction of sp³-hybridized carbons (Fsp3) is 0.500. The van der Waals surface area contributed by atoms with Crippen LogP contribution in [0.4, 0.5) is 0 Å². The lowest BCUT2D eigenvalue weighted by Crippen LogP contribution is -2.35. The minimum Gasteiger partial charge on any atom is -0.496 e. The third-order valence-electron chi connectivity index (χ3n) is 3.08. The molecule has 0 bridgehead atoms. The molecule has 1 heterocycles. The molecular weight excluding hydrogens is 318 g/mol. The van der Waals surface area contributed by atoms with Gasteiger partial charge in [-0.15, -0.1) is 0 Å². The summed E-state index contributed by atoms with van der Waals surface area (Å²) in [6, 6.07) is 4.88. The van der Waals surface area contributed by atoms with E-state index in [2.05, 4.69) is 15.9 Å². The van der Waals surface area contributed by atoms with E-state index in [1.54, 1.807) is 22.5 Å². The second-order valence-corrected chi connectivity index (χ2v) is 7.05. The smallest absolute Gasteiger partial charge is 0.243 e. The van der Waals surface area contributed by atoms with Gasteiger partial charge >= 0.3 is 0 Å². The number of hydrogen-bond acceptors (Lipinski definition) is 3. The van der Waals surface area contributed by atoms with Crippen molar-refractivity contribution in [2.24, 2.45) is 0 Å². The van der Waals surface area contributed by atoms with Gasteiger partial charge in [0.2, 0.25) is 10.0 Å². The standard InChI is InChI=1S/C12H16BrNO3S/c1-17-12-9-10(5-6-11(12)13)18(15,16)14-7-3-2-4-8-14/h5-6,9H,2-4,7-8H2,1H3. The highest BCUT2D eigenvalue weighted by Crippen LogP contribution is 2.29. The van der Waals surface area contributed by atoms with Crippen molar-refractivity contribution in [3.63, 3.8) is 0 Å². The average molecular weight is 334 g/mol. The Hall–Kier alpha value is -0.590. The van der Waals surface area contributed by atoms with Crippen LogP contribution in [0.25, 0.3) is 0 Å². The van der Waals surface area contributed by atoms with E-state index < -0.39 is 10.0 Å². The number of hydrogen-bond donors (Lipinski definition) is 0. The van der Waals surface area contributed by atoms with Crippen LogP contribution >= 0.6 is 15.9 Å². The maximum atomic E-state index is 12.4. The molecule has 1 saturated heterocycles. The van der Waals surface area contributed by atoms with Crippen LogP contribution in [0, 0.1) is 0 Å². The maximum absolute atomic E-state index is 12.4. The van der Waals surface area contributed by atoms with Gasteiger partial charge in [-0.25, -0.2) is 8.42 Å². The van der Waals surface area contributed by atoms with Gasteiger partial charge in [0.25, 0.3) is 0 Å². The summed E-state index contributed by atoms with van der Waals surface area (Å²) >= 11 is 3.32. The fourth-order valence-corrected chi connectivity index (χ4v) is 4.00. The molecule has 0 aromatic heterocycles. The summed E-state index contributed by atoms with van der Waals surface area (Å²) in [6.45, 7) is 1.22. The van der Waals surface area contributed by atoms with Crippen molar-refractivity contribution in [3.8, 4) is 5.75 Å². The highest BCUT2D eigenvalue weighted by Gasteiger charge is 2.26. The van der Waals surface area contributed by atoms with Crippen LogP contribution < -0.4 is 4.74 Å². The Morgan fingerprint density at radius 3 is 2.50 bits per heavy atom. The van der Waals surface area contributed by atoms with Gasteiger partial charge in [0.1, 0.15) is 5.75 Å². The molecule has 0 atom stereocenters. The van der Waals surface area contributed by atoms with E-state index in [4.69, 9.17) is 4.74 Å². The molecule has 0 aliphatic carbocycles. The summed E-state index contributed by atoms with van der Waals surface area (Å²) in [5, 5.41) is 0. The Morgan fingerprint density at radius 1 is 1.22 bits per heavy atom. The summed E-state index contributed by atoms with van der Waals surface area (Å²) in [6.07, 6.45) is 2.98. The molecule has 6 heteroatoms. The Balaban J connectivity index is 2.34. The van der Waals surface area contributed by atoms with E-state index in [9.17, 15) is 8.42 Å². The molecule has 1 fully saturated rings. The van der Waals surface area contributed by atoms with Gasteiger partial charge in [-0.1, -0.05) is 6.42 Å². The van der Waals surface area contributed by atoms with Crippen LogP contribution in [0.2, 0.25) is 0 Å². The number of rotatable bonds is 3. The Kier molecular flexibility index (Phi) is 4.29. The van der Waals surface area contributed by atoms with E-state index in [0.29, 0.717) is 23.7 Å². The van der Waals surface area contributed by atoms with E-state index in [-0.39, 0.29) is 0 Å². The number of benzene rings is 1. The number of methoxy groups -OCH3 is 1. The molecule has 1 aromatic rings. The summed E-state index contributed by atoms with van der Waals surface area (Å²) in [4.78, 5) is 0.296. The first kappa shape index (κ1) is 13.8. The molecule has 100 valence electrons. The van der Waals surface area contributed by atoms with Crippen molar-refractivity contribution >= 4 is 26.0 Å². The molecule has 0 amide bonds. The molecule has 1 aromatic carbocycles. The van der Waals surface area contributed by atoms with E-state index in [1.807, 2.05) is 0 Å². The molecular formula is C12H16BrNO3S. The molecule has 1 aliphatic heterocycles. The van der Waals surface area contributed by atoms with Gasteiger partial charge in [0, 0.05) is 19.2 Å². The van der Waals surface area contributed by atoms with Gasteiger partial charge in [-0.2, -0.15) is 4.31 Å². The summed E-state index contributed by atoms with van der Waals surface area (Å²) in [5.74, 6) is 0.535.